The summed E-state index contributed by atoms with van der Waals surface area (Å²) in [5, 5.41) is 16.5. The summed E-state index contributed by atoms with van der Waals surface area (Å²) in [5.41, 5.74) is 3.02. The molecule has 6 heteroatoms. The Morgan fingerprint density at radius 2 is 1.91 bits per heavy atom. The normalized spacial score (nSPS) is 32.2. The quantitative estimate of drug-likeness (QED) is 0.634. The van der Waals surface area contributed by atoms with E-state index in [9.17, 15) is 14.7 Å². The number of allylic oxidation sites excluding steroid dienone is 3. The number of aromatic nitrogens is 1. The lowest BCUT2D eigenvalue weighted by molar-refractivity contribution is -0.128. The zero-order valence-electron chi connectivity index (χ0n) is 20.2. The Balaban J connectivity index is 2.27. The van der Waals surface area contributed by atoms with Crippen molar-refractivity contribution in [1.29, 1.82) is 0 Å². The average molecular weight is 459 g/mol. The Kier molecular flexibility index (Phi) is 10.0. The molecule has 1 aromatic rings. The van der Waals surface area contributed by atoms with E-state index in [2.05, 4.69) is 49.3 Å². The van der Waals surface area contributed by atoms with E-state index in [0.29, 0.717) is 12.3 Å². The summed E-state index contributed by atoms with van der Waals surface area (Å²) in [7, 11) is 0. The van der Waals surface area contributed by atoms with E-state index in [1.54, 1.807) is 11.3 Å². The number of aryl methyl sites for hydroxylation is 1. The third-order valence-corrected chi connectivity index (χ3v) is 7.31. The number of carbonyl (C=O) groups is 2. The molecule has 0 unspecified atom stereocenters. The van der Waals surface area contributed by atoms with Crippen molar-refractivity contribution >= 4 is 29.1 Å². The molecule has 1 aromatic heterocycles. The summed E-state index contributed by atoms with van der Waals surface area (Å²) in [4.78, 5) is 29.9. The van der Waals surface area contributed by atoms with E-state index < -0.39 is 6.10 Å². The Morgan fingerprint density at radius 3 is 2.56 bits per heavy atom. The molecule has 32 heavy (non-hydrogen) atoms. The van der Waals surface area contributed by atoms with Crippen molar-refractivity contribution in [2.24, 2.45) is 17.8 Å². The smallest absolute Gasteiger partial charge is 0.223 e. The lowest BCUT2D eigenvalue weighted by Gasteiger charge is -2.25. The van der Waals surface area contributed by atoms with Gasteiger partial charge >= 0.3 is 0 Å². The van der Waals surface area contributed by atoms with Crippen molar-refractivity contribution in [3.05, 3.63) is 45.5 Å². The molecule has 0 fully saturated rings. The number of Topliss-reactive ketones (excluding diaryl/α,β-unsaturated/α-hetero) is 1. The average Bonchev–Trinajstić information content (AvgIpc) is 3.13. The summed E-state index contributed by atoms with van der Waals surface area (Å²) in [5.74, 6) is 0.173. The van der Waals surface area contributed by atoms with Crippen molar-refractivity contribution in [3.8, 4) is 0 Å². The summed E-state index contributed by atoms with van der Waals surface area (Å²) >= 11 is 1.59. The zero-order valence-corrected chi connectivity index (χ0v) is 21.0. The number of ketones is 1. The van der Waals surface area contributed by atoms with E-state index in [0.717, 1.165) is 28.3 Å². The summed E-state index contributed by atoms with van der Waals surface area (Å²) in [6, 6.07) is -0.207. The van der Waals surface area contributed by atoms with Gasteiger partial charge in [-0.2, -0.15) is 0 Å². The molecule has 0 spiro atoms. The standard InChI is InChI=1S/C26H38N2O3S/c1-16-8-7-9-17(2)19(4)20(5)25(30)13-23(29)14-26(31)28-24(11-10-16)18(3)12-22-15-32-21(6)27-22/h7-8,10,12,15,17,19-20,23-24,29H,9,11,13-14H2,1-6H3,(H,28,31)/b8-7+,16-10-,18-12+/t17-,19-,20+,23+,24-/m0/s1. The molecule has 0 saturated carbocycles. The molecule has 0 aliphatic carbocycles. The van der Waals surface area contributed by atoms with Crippen molar-refractivity contribution in [1.82, 2.24) is 10.3 Å². The fraction of sp³-hybridized carbons (Fsp3) is 0.577. The van der Waals surface area contributed by atoms with Crippen LogP contribution in [0.5, 0.6) is 0 Å². The molecule has 1 aliphatic rings. The van der Waals surface area contributed by atoms with Gasteiger partial charge in [0.1, 0.15) is 5.78 Å². The van der Waals surface area contributed by atoms with Gasteiger partial charge in [-0.25, -0.2) is 4.98 Å². The molecule has 1 amide bonds. The van der Waals surface area contributed by atoms with Crippen LogP contribution < -0.4 is 5.32 Å². The predicted molar refractivity (Wildman–Crippen MR) is 132 cm³/mol. The third-order valence-electron chi connectivity index (χ3n) is 6.51. The highest BCUT2D eigenvalue weighted by molar-refractivity contribution is 7.09. The van der Waals surface area contributed by atoms with Gasteiger partial charge in [0.25, 0.3) is 0 Å². The van der Waals surface area contributed by atoms with Gasteiger partial charge in [0, 0.05) is 17.7 Å². The summed E-state index contributed by atoms with van der Waals surface area (Å²) in [6.07, 6.45) is 8.92. The van der Waals surface area contributed by atoms with E-state index in [4.69, 9.17) is 0 Å². The van der Waals surface area contributed by atoms with Gasteiger partial charge in [-0.15, -0.1) is 11.3 Å². The number of thiazole rings is 1. The van der Waals surface area contributed by atoms with Gasteiger partial charge in [-0.3, -0.25) is 9.59 Å². The fourth-order valence-corrected chi connectivity index (χ4v) is 4.51. The molecule has 0 bridgehead atoms. The van der Waals surface area contributed by atoms with Crippen LogP contribution in [0, 0.1) is 24.7 Å². The minimum absolute atomic E-state index is 0.0120. The third kappa shape index (κ3) is 8.14. The van der Waals surface area contributed by atoms with Crippen LogP contribution in [-0.4, -0.2) is 33.9 Å². The van der Waals surface area contributed by atoms with Crippen molar-refractivity contribution in [3.63, 3.8) is 0 Å². The van der Waals surface area contributed by atoms with Crippen LogP contribution in [0.25, 0.3) is 6.08 Å². The van der Waals surface area contributed by atoms with Gasteiger partial charge in [0.05, 0.1) is 29.3 Å². The second kappa shape index (κ2) is 12.3. The maximum atomic E-state index is 12.7. The molecule has 0 radical (unpaired) electrons. The van der Waals surface area contributed by atoms with Crippen molar-refractivity contribution in [2.45, 2.75) is 79.4 Å². The van der Waals surface area contributed by atoms with Gasteiger partial charge < -0.3 is 10.4 Å². The van der Waals surface area contributed by atoms with Gasteiger partial charge in [0.2, 0.25) is 5.91 Å². The van der Waals surface area contributed by atoms with E-state index >= 15 is 0 Å². The first-order chi connectivity index (χ1) is 15.1. The van der Waals surface area contributed by atoms with E-state index in [1.807, 2.05) is 32.2 Å². The van der Waals surface area contributed by atoms with Crippen LogP contribution in [0.15, 0.2) is 34.8 Å². The van der Waals surface area contributed by atoms with E-state index in [-0.39, 0.29) is 42.4 Å². The molecule has 2 rings (SSSR count). The first kappa shape index (κ1) is 26.2. The number of aliphatic hydroxyl groups is 1. The molecule has 5 nitrogen and oxygen atoms in total. The molecule has 0 saturated heterocycles. The largest absolute Gasteiger partial charge is 0.392 e. The first-order valence-electron chi connectivity index (χ1n) is 11.5. The van der Waals surface area contributed by atoms with Crippen molar-refractivity contribution in [2.75, 3.05) is 0 Å². The van der Waals surface area contributed by atoms with Crippen LogP contribution in [0.4, 0.5) is 0 Å². The van der Waals surface area contributed by atoms with Gasteiger partial charge in [-0.1, -0.05) is 44.6 Å². The maximum absolute atomic E-state index is 12.7. The molecular formula is C26H38N2O3S. The monoisotopic (exact) mass is 458 g/mol. The molecular weight excluding hydrogens is 420 g/mol. The maximum Gasteiger partial charge on any atom is 0.223 e. The number of hydrogen-bond donors (Lipinski definition) is 2. The number of aliphatic hydroxyl groups excluding tert-OH is 1. The number of amides is 1. The molecule has 0 aromatic carbocycles. The summed E-state index contributed by atoms with van der Waals surface area (Å²) < 4.78 is 0. The SMILES string of the molecule is CC1=C/C[C@@H](/C(C)=C/c2csc(C)n2)NC(=O)C[C@H](O)CC(=O)[C@H](C)[C@@H](C)[C@@H](C)C\C=C\1. The molecule has 176 valence electrons. The van der Waals surface area contributed by atoms with Crippen LogP contribution in [-0.2, 0) is 9.59 Å². The van der Waals surface area contributed by atoms with Crippen LogP contribution >= 0.6 is 11.3 Å². The fourth-order valence-electron chi connectivity index (χ4n) is 3.94. The van der Waals surface area contributed by atoms with Crippen LogP contribution in [0.1, 0.15) is 71.0 Å². The van der Waals surface area contributed by atoms with Crippen LogP contribution in [0.2, 0.25) is 0 Å². The number of hydrogen-bond acceptors (Lipinski definition) is 5. The highest BCUT2D eigenvalue weighted by Crippen LogP contribution is 2.26. The first-order valence-corrected chi connectivity index (χ1v) is 12.4. The minimum Gasteiger partial charge on any atom is -0.392 e. The highest BCUT2D eigenvalue weighted by Gasteiger charge is 2.27. The minimum atomic E-state index is -0.969. The number of carbonyl (C=O) groups excluding carboxylic acids is 2. The Bertz CT molecular complexity index is 883. The van der Waals surface area contributed by atoms with Gasteiger partial charge in [-0.05, 0) is 57.1 Å². The lowest BCUT2D eigenvalue weighted by atomic mass is 9.79. The number of rotatable bonds is 2. The van der Waals surface area contributed by atoms with Crippen molar-refractivity contribution < 1.29 is 14.7 Å². The highest BCUT2D eigenvalue weighted by atomic mass is 32.1. The van der Waals surface area contributed by atoms with E-state index in [1.165, 1.54) is 0 Å². The number of nitrogens with zero attached hydrogens (tertiary/aromatic N) is 1. The Hall–Kier alpha value is -2.05. The zero-order chi connectivity index (χ0) is 23.8. The number of nitrogens with one attached hydrogen (secondary N) is 1. The Labute approximate surface area is 196 Å². The molecule has 2 N–H and O–H groups in total. The second-order valence-corrected chi connectivity index (χ2v) is 10.3. The topological polar surface area (TPSA) is 79.3 Å². The molecule has 2 heterocycles. The van der Waals surface area contributed by atoms with Gasteiger partial charge in [0.15, 0.2) is 0 Å². The lowest BCUT2D eigenvalue weighted by Crippen LogP contribution is -2.38. The predicted octanol–water partition coefficient (Wildman–Crippen LogP) is 5.25. The molecule has 5 atom stereocenters. The Morgan fingerprint density at radius 1 is 1.19 bits per heavy atom. The summed E-state index contributed by atoms with van der Waals surface area (Å²) in [6.45, 7) is 12.2. The second-order valence-electron chi connectivity index (χ2n) is 9.28. The molecule has 1 aliphatic heterocycles. The van der Waals surface area contributed by atoms with Crippen LogP contribution in [0.3, 0.4) is 0 Å².